The number of para-hydroxylation sites is 2. The monoisotopic (exact) mass is 332 g/mol. The van der Waals surface area contributed by atoms with E-state index < -0.39 is 0 Å². The summed E-state index contributed by atoms with van der Waals surface area (Å²) in [5, 5.41) is 10.1. The Morgan fingerprint density at radius 1 is 0.960 bits per heavy atom. The second-order valence-electron chi connectivity index (χ2n) is 7.47. The molecule has 1 aliphatic heterocycles. The van der Waals surface area contributed by atoms with Crippen LogP contribution in [0.3, 0.4) is 0 Å². The zero-order valence-electron chi connectivity index (χ0n) is 14.8. The highest BCUT2D eigenvalue weighted by Gasteiger charge is 2.28. The Morgan fingerprint density at radius 2 is 1.60 bits per heavy atom. The quantitative estimate of drug-likeness (QED) is 0.623. The van der Waals surface area contributed by atoms with Gasteiger partial charge in [0, 0.05) is 11.1 Å². The van der Waals surface area contributed by atoms with E-state index in [1.807, 2.05) is 37.3 Å². The molecule has 3 aromatic rings. The molecule has 0 fully saturated rings. The van der Waals surface area contributed by atoms with E-state index >= 15 is 0 Å². The summed E-state index contributed by atoms with van der Waals surface area (Å²) in [6.07, 6.45) is 2.06. The summed E-state index contributed by atoms with van der Waals surface area (Å²) in [5.41, 5.74) is 4.69. The number of phenolic OH excluding ortho intramolecular Hbond substituents is 1. The third-order valence-electron chi connectivity index (χ3n) is 4.21. The maximum Gasteiger partial charge on any atom is 0.151 e. The normalized spacial score (nSPS) is 15.0. The number of fused-ring (bicyclic) bond motifs is 4. The van der Waals surface area contributed by atoms with Crippen LogP contribution in [-0.2, 0) is 0 Å². The van der Waals surface area contributed by atoms with Gasteiger partial charge in [-0.1, -0.05) is 32.9 Å². The topological polar surface area (TPSA) is 55.2 Å². The molecule has 4 heteroatoms. The number of phenols is 1. The zero-order valence-corrected chi connectivity index (χ0v) is 14.8. The lowest BCUT2D eigenvalue weighted by Gasteiger charge is -2.25. The number of allylic oxidation sites excluding steroid dienone is 1. The summed E-state index contributed by atoms with van der Waals surface area (Å²) < 4.78 is 6.19. The predicted molar refractivity (Wildman–Crippen MR) is 99.4 cm³/mol. The molecule has 4 nitrogen and oxygen atoms in total. The smallest absolute Gasteiger partial charge is 0.151 e. The maximum atomic E-state index is 10.1. The molecule has 0 radical (unpaired) electrons. The number of hydrogen-bond acceptors (Lipinski definition) is 4. The third kappa shape index (κ3) is 2.64. The van der Waals surface area contributed by atoms with Gasteiger partial charge in [0.1, 0.15) is 22.9 Å². The van der Waals surface area contributed by atoms with Crippen LogP contribution in [0.15, 0.2) is 42.5 Å². The highest BCUT2D eigenvalue weighted by atomic mass is 16.5. The molecule has 2 aromatic carbocycles. The summed E-state index contributed by atoms with van der Waals surface area (Å²) >= 11 is 0. The molecule has 4 rings (SSSR count). The van der Waals surface area contributed by atoms with Crippen LogP contribution >= 0.6 is 0 Å². The van der Waals surface area contributed by atoms with Gasteiger partial charge >= 0.3 is 0 Å². The Labute approximate surface area is 146 Å². The van der Waals surface area contributed by atoms with E-state index in [0.29, 0.717) is 17.1 Å². The van der Waals surface area contributed by atoms with Crippen LogP contribution in [0.5, 0.6) is 11.5 Å². The fraction of sp³-hybridized carbons (Fsp3) is 0.238. The molecule has 2 heterocycles. The van der Waals surface area contributed by atoms with Gasteiger partial charge in [0.05, 0.1) is 11.0 Å². The summed E-state index contributed by atoms with van der Waals surface area (Å²) in [5.74, 6) is 1.54. The summed E-state index contributed by atoms with van der Waals surface area (Å²) in [6.45, 7) is 8.19. The molecule has 0 unspecified atom stereocenters. The number of nitrogens with zero attached hydrogens (tertiary/aromatic N) is 2. The molecule has 0 saturated carbocycles. The van der Waals surface area contributed by atoms with Crippen molar-refractivity contribution in [2.75, 3.05) is 0 Å². The van der Waals surface area contributed by atoms with Crippen LogP contribution in [-0.4, -0.2) is 15.1 Å². The molecule has 0 amide bonds. The van der Waals surface area contributed by atoms with E-state index in [9.17, 15) is 5.11 Å². The number of rotatable bonds is 0. The number of hydrogen-bond donors (Lipinski definition) is 1. The van der Waals surface area contributed by atoms with Gasteiger partial charge in [-0.05, 0) is 42.7 Å². The van der Waals surface area contributed by atoms with Gasteiger partial charge in [-0.3, -0.25) is 0 Å². The fourth-order valence-electron chi connectivity index (χ4n) is 3.01. The number of ether oxygens (including phenoxy) is 1. The van der Waals surface area contributed by atoms with Crippen molar-refractivity contribution < 1.29 is 9.84 Å². The van der Waals surface area contributed by atoms with Gasteiger partial charge in [-0.25, -0.2) is 9.97 Å². The molecule has 126 valence electrons. The van der Waals surface area contributed by atoms with Crippen molar-refractivity contribution in [1.82, 2.24) is 9.97 Å². The predicted octanol–water partition coefficient (Wildman–Crippen LogP) is 5.09. The summed E-state index contributed by atoms with van der Waals surface area (Å²) in [4.78, 5) is 9.66. The average molecular weight is 332 g/mol. The first kappa shape index (κ1) is 15.6. The van der Waals surface area contributed by atoms with Crippen molar-refractivity contribution in [3.8, 4) is 22.8 Å². The molecule has 0 spiro atoms. The Balaban J connectivity index is 2.08. The van der Waals surface area contributed by atoms with E-state index in [0.717, 1.165) is 28.0 Å². The lowest BCUT2D eigenvalue weighted by atomic mass is 9.93. The largest absolute Gasteiger partial charge is 0.508 e. The number of aromatic hydroxyl groups is 1. The van der Waals surface area contributed by atoms with Crippen molar-refractivity contribution in [2.24, 2.45) is 5.41 Å². The molecular weight excluding hydrogens is 312 g/mol. The standard InChI is InChI=1S/C21H20N2O2/c1-12-16(24)10-9-13-18-19(17(25-20(12)13)11-21(2,3)4)23-15-8-6-5-7-14(15)22-18/h5-11,24H,1-4H3/b17-11+. The third-order valence-corrected chi connectivity index (χ3v) is 4.21. The van der Waals surface area contributed by atoms with Crippen molar-refractivity contribution in [3.63, 3.8) is 0 Å². The van der Waals surface area contributed by atoms with Crippen LogP contribution in [0.2, 0.25) is 0 Å². The minimum atomic E-state index is -0.0812. The van der Waals surface area contributed by atoms with E-state index in [1.54, 1.807) is 6.07 Å². The molecule has 0 aliphatic carbocycles. The Bertz CT molecular complexity index is 1030. The average Bonchev–Trinajstić information content (AvgIpc) is 2.56. The lowest BCUT2D eigenvalue weighted by molar-refractivity contribution is 0.450. The minimum Gasteiger partial charge on any atom is -0.508 e. The first-order valence-electron chi connectivity index (χ1n) is 8.34. The number of aromatic nitrogens is 2. The Hall–Kier alpha value is -2.88. The van der Waals surface area contributed by atoms with Crippen LogP contribution < -0.4 is 4.74 Å². The fourth-order valence-corrected chi connectivity index (χ4v) is 3.01. The Morgan fingerprint density at radius 3 is 2.24 bits per heavy atom. The molecule has 0 saturated heterocycles. The van der Waals surface area contributed by atoms with Gasteiger partial charge in [0.15, 0.2) is 5.76 Å². The van der Waals surface area contributed by atoms with Crippen molar-refractivity contribution in [1.29, 1.82) is 0 Å². The molecule has 0 atom stereocenters. The molecule has 1 aliphatic rings. The van der Waals surface area contributed by atoms with Crippen LogP contribution in [0.1, 0.15) is 32.0 Å². The second kappa shape index (κ2) is 5.31. The molecule has 0 bridgehead atoms. The van der Waals surface area contributed by atoms with E-state index in [2.05, 4.69) is 26.8 Å². The van der Waals surface area contributed by atoms with Crippen molar-refractivity contribution >= 4 is 16.8 Å². The molecule has 1 aromatic heterocycles. The summed E-state index contributed by atoms with van der Waals surface area (Å²) in [6, 6.07) is 11.3. The van der Waals surface area contributed by atoms with Crippen LogP contribution in [0.4, 0.5) is 0 Å². The maximum absolute atomic E-state index is 10.1. The SMILES string of the molecule is Cc1c(O)ccc2c1O/C(=C/C(C)(C)C)c1nc3ccccc3nc1-2. The van der Waals surface area contributed by atoms with Crippen molar-refractivity contribution in [2.45, 2.75) is 27.7 Å². The van der Waals surface area contributed by atoms with Gasteiger partial charge in [0.25, 0.3) is 0 Å². The Kier molecular flexibility index (Phi) is 3.32. The minimum absolute atomic E-state index is 0.0812. The second-order valence-corrected chi connectivity index (χ2v) is 7.47. The summed E-state index contributed by atoms with van der Waals surface area (Å²) in [7, 11) is 0. The zero-order chi connectivity index (χ0) is 17.8. The van der Waals surface area contributed by atoms with Gasteiger partial charge < -0.3 is 9.84 Å². The highest BCUT2D eigenvalue weighted by Crippen LogP contribution is 2.45. The van der Waals surface area contributed by atoms with Gasteiger partial charge in [0.2, 0.25) is 0 Å². The lowest BCUT2D eigenvalue weighted by Crippen LogP contribution is -2.13. The molecule has 25 heavy (non-hydrogen) atoms. The van der Waals surface area contributed by atoms with E-state index in [1.165, 1.54) is 0 Å². The highest BCUT2D eigenvalue weighted by molar-refractivity contribution is 5.89. The first-order chi connectivity index (χ1) is 11.8. The molecular formula is C21H20N2O2. The van der Waals surface area contributed by atoms with E-state index in [4.69, 9.17) is 14.7 Å². The van der Waals surface area contributed by atoms with Gasteiger partial charge in [-0.2, -0.15) is 0 Å². The van der Waals surface area contributed by atoms with Crippen LogP contribution in [0, 0.1) is 12.3 Å². The van der Waals surface area contributed by atoms with E-state index in [-0.39, 0.29) is 11.2 Å². The molecule has 1 N–H and O–H groups in total. The number of benzene rings is 2. The van der Waals surface area contributed by atoms with Crippen molar-refractivity contribution in [3.05, 3.63) is 53.7 Å². The first-order valence-corrected chi connectivity index (χ1v) is 8.34. The van der Waals surface area contributed by atoms with Crippen LogP contribution in [0.25, 0.3) is 28.0 Å². The van der Waals surface area contributed by atoms with Gasteiger partial charge in [-0.15, -0.1) is 0 Å².